The van der Waals surface area contributed by atoms with Crippen molar-refractivity contribution >= 4 is 5.69 Å². The second-order valence-corrected chi connectivity index (χ2v) is 4.34. The van der Waals surface area contributed by atoms with E-state index in [0.717, 1.165) is 31.6 Å². The van der Waals surface area contributed by atoms with Crippen LogP contribution in [0.4, 0.5) is 5.69 Å². The molecule has 0 saturated carbocycles. The summed E-state index contributed by atoms with van der Waals surface area (Å²) >= 11 is 0. The van der Waals surface area contributed by atoms with E-state index < -0.39 is 6.10 Å². The van der Waals surface area contributed by atoms with Gasteiger partial charge in [0.1, 0.15) is 0 Å². The van der Waals surface area contributed by atoms with Gasteiger partial charge in [0, 0.05) is 13.1 Å². The number of hydrogen-bond acceptors (Lipinski definition) is 4. The fourth-order valence-corrected chi connectivity index (χ4v) is 1.96. The van der Waals surface area contributed by atoms with Gasteiger partial charge in [-0.25, -0.2) is 0 Å². The molecule has 1 atom stereocenters. The van der Waals surface area contributed by atoms with Crippen LogP contribution in [0.2, 0.25) is 0 Å². The number of anilines is 1. The first-order chi connectivity index (χ1) is 7.66. The average Bonchev–Trinajstić information content (AvgIpc) is 2.30. The van der Waals surface area contributed by atoms with Gasteiger partial charge in [-0.2, -0.15) is 0 Å². The van der Waals surface area contributed by atoms with Crippen LogP contribution in [-0.4, -0.2) is 34.4 Å². The van der Waals surface area contributed by atoms with Gasteiger partial charge in [0.05, 0.1) is 29.8 Å². The Labute approximate surface area is 95.5 Å². The Morgan fingerprint density at radius 2 is 2.06 bits per heavy atom. The van der Waals surface area contributed by atoms with E-state index in [1.807, 2.05) is 12.1 Å². The van der Waals surface area contributed by atoms with E-state index in [2.05, 4.69) is 9.88 Å². The molecule has 1 aromatic rings. The molecule has 4 heteroatoms. The molecule has 16 heavy (non-hydrogen) atoms. The Morgan fingerprint density at radius 3 is 2.56 bits per heavy atom. The SMILES string of the molecule is CC(O)c1ccc(N2CCC(O)CC2)cn1. The first-order valence-corrected chi connectivity index (χ1v) is 5.74. The lowest BCUT2D eigenvalue weighted by molar-refractivity contribution is 0.145. The third-order valence-corrected chi connectivity index (χ3v) is 3.03. The van der Waals surface area contributed by atoms with Gasteiger partial charge < -0.3 is 15.1 Å². The largest absolute Gasteiger partial charge is 0.393 e. The summed E-state index contributed by atoms with van der Waals surface area (Å²) in [7, 11) is 0. The maximum Gasteiger partial charge on any atom is 0.0931 e. The van der Waals surface area contributed by atoms with E-state index in [1.54, 1.807) is 13.1 Å². The molecule has 1 aliphatic heterocycles. The second-order valence-electron chi connectivity index (χ2n) is 4.34. The minimum Gasteiger partial charge on any atom is -0.393 e. The Bertz CT molecular complexity index is 329. The van der Waals surface area contributed by atoms with Gasteiger partial charge in [-0.1, -0.05) is 0 Å². The van der Waals surface area contributed by atoms with Crippen LogP contribution in [0.1, 0.15) is 31.6 Å². The van der Waals surface area contributed by atoms with Gasteiger partial charge in [-0.05, 0) is 31.9 Å². The van der Waals surface area contributed by atoms with Crippen molar-refractivity contribution in [1.82, 2.24) is 4.98 Å². The zero-order valence-electron chi connectivity index (χ0n) is 9.50. The number of nitrogens with zero attached hydrogens (tertiary/aromatic N) is 2. The van der Waals surface area contributed by atoms with E-state index >= 15 is 0 Å². The maximum atomic E-state index is 9.42. The predicted molar refractivity (Wildman–Crippen MR) is 62.3 cm³/mol. The van der Waals surface area contributed by atoms with E-state index in [9.17, 15) is 10.2 Å². The fourth-order valence-electron chi connectivity index (χ4n) is 1.96. The third-order valence-electron chi connectivity index (χ3n) is 3.03. The smallest absolute Gasteiger partial charge is 0.0931 e. The molecular formula is C12H18N2O2. The summed E-state index contributed by atoms with van der Waals surface area (Å²) in [5.41, 5.74) is 1.76. The van der Waals surface area contributed by atoms with Crippen LogP contribution in [0.3, 0.4) is 0 Å². The highest BCUT2D eigenvalue weighted by atomic mass is 16.3. The quantitative estimate of drug-likeness (QED) is 0.786. The summed E-state index contributed by atoms with van der Waals surface area (Å²) in [6.45, 7) is 3.45. The Hall–Kier alpha value is -1.13. The number of piperidine rings is 1. The molecule has 1 aliphatic rings. The molecule has 1 fully saturated rings. The second kappa shape index (κ2) is 4.80. The molecule has 0 spiro atoms. The van der Waals surface area contributed by atoms with Crippen LogP contribution >= 0.6 is 0 Å². The normalized spacial score (nSPS) is 19.8. The lowest BCUT2D eigenvalue weighted by atomic mass is 10.1. The molecule has 0 aromatic carbocycles. The number of aliphatic hydroxyl groups excluding tert-OH is 2. The first kappa shape index (κ1) is 11.4. The molecule has 1 aromatic heterocycles. The van der Waals surface area contributed by atoms with Gasteiger partial charge in [-0.15, -0.1) is 0 Å². The van der Waals surface area contributed by atoms with Crippen molar-refractivity contribution in [2.75, 3.05) is 18.0 Å². The number of hydrogen-bond donors (Lipinski definition) is 2. The van der Waals surface area contributed by atoms with Crippen LogP contribution in [0, 0.1) is 0 Å². The molecule has 0 bridgehead atoms. The van der Waals surface area contributed by atoms with E-state index in [-0.39, 0.29) is 6.10 Å². The summed E-state index contributed by atoms with van der Waals surface area (Å²) < 4.78 is 0. The van der Waals surface area contributed by atoms with Gasteiger partial charge in [0.2, 0.25) is 0 Å². The Kier molecular flexibility index (Phi) is 3.41. The molecule has 0 amide bonds. The summed E-state index contributed by atoms with van der Waals surface area (Å²) in [4.78, 5) is 6.43. The van der Waals surface area contributed by atoms with E-state index in [4.69, 9.17) is 0 Å². The van der Waals surface area contributed by atoms with Crippen molar-refractivity contribution in [2.45, 2.75) is 32.0 Å². The molecule has 1 unspecified atom stereocenters. The van der Waals surface area contributed by atoms with Gasteiger partial charge in [-0.3, -0.25) is 4.98 Å². The fraction of sp³-hybridized carbons (Fsp3) is 0.583. The highest BCUT2D eigenvalue weighted by Crippen LogP contribution is 2.20. The van der Waals surface area contributed by atoms with E-state index in [1.165, 1.54) is 0 Å². The highest BCUT2D eigenvalue weighted by molar-refractivity contribution is 5.45. The molecule has 2 rings (SSSR count). The van der Waals surface area contributed by atoms with Crippen molar-refractivity contribution in [3.05, 3.63) is 24.0 Å². The maximum absolute atomic E-state index is 9.42. The number of aliphatic hydroxyl groups is 2. The molecule has 0 aliphatic carbocycles. The van der Waals surface area contributed by atoms with Gasteiger partial charge >= 0.3 is 0 Å². The van der Waals surface area contributed by atoms with Crippen LogP contribution < -0.4 is 4.90 Å². The van der Waals surface area contributed by atoms with Gasteiger partial charge in [0.15, 0.2) is 0 Å². The summed E-state index contributed by atoms with van der Waals surface area (Å²) in [5.74, 6) is 0. The van der Waals surface area contributed by atoms with Crippen molar-refractivity contribution < 1.29 is 10.2 Å². The lowest BCUT2D eigenvalue weighted by Gasteiger charge is -2.31. The van der Waals surface area contributed by atoms with Crippen LogP contribution in [0.15, 0.2) is 18.3 Å². The molecule has 1 saturated heterocycles. The minimum atomic E-state index is -0.516. The Morgan fingerprint density at radius 1 is 1.38 bits per heavy atom. The van der Waals surface area contributed by atoms with Crippen molar-refractivity contribution in [1.29, 1.82) is 0 Å². The first-order valence-electron chi connectivity index (χ1n) is 5.74. The molecule has 88 valence electrons. The van der Waals surface area contributed by atoms with Crippen LogP contribution in [0.25, 0.3) is 0 Å². The van der Waals surface area contributed by atoms with Crippen LogP contribution in [-0.2, 0) is 0 Å². The third kappa shape index (κ3) is 2.51. The topological polar surface area (TPSA) is 56.6 Å². The number of aromatic nitrogens is 1. The summed E-state index contributed by atoms with van der Waals surface area (Å²) in [5, 5.41) is 18.8. The summed E-state index contributed by atoms with van der Waals surface area (Å²) in [6, 6.07) is 3.83. The zero-order valence-corrected chi connectivity index (χ0v) is 9.50. The zero-order chi connectivity index (χ0) is 11.5. The van der Waals surface area contributed by atoms with Crippen molar-refractivity contribution in [2.24, 2.45) is 0 Å². The molecule has 2 N–H and O–H groups in total. The molecule has 0 radical (unpaired) electrons. The summed E-state index contributed by atoms with van der Waals surface area (Å²) in [6.07, 6.45) is 2.76. The minimum absolute atomic E-state index is 0.152. The highest BCUT2D eigenvalue weighted by Gasteiger charge is 2.17. The lowest BCUT2D eigenvalue weighted by Crippen LogP contribution is -2.35. The standard InChI is InChI=1S/C12H18N2O2/c1-9(15)12-3-2-10(8-13-12)14-6-4-11(16)5-7-14/h2-3,8-9,11,15-16H,4-7H2,1H3. The van der Waals surface area contributed by atoms with Crippen molar-refractivity contribution in [3.63, 3.8) is 0 Å². The molecular weight excluding hydrogens is 204 g/mol. The Balaban J connectivity index is 2.04. The average molecular weight is 222 g/mol. The van der Waals surface area contributed by atoms with Crippen LogP contribution in [0.5, 0.6) is 0 Å². The number of pyridine rings is 1. The van der Waals surface area contributed by atoms with E-state index in [0.29, 0.717) is 5.69 Å². The molecule has 4 nitrogen and oxygen atoms in total. The van der Waals surface area contributed by atoms with Gasteiger partial charge in [0.25, 0.3) is 0 Å². The monoisotopic (exact) mass is 222 g/mol. The predicted octanol–water partition coefficient (Wildman–Crippen LogP) is 1.10. The number of rotatable bonds is 2. The van der Waals surface area contributed by atoms with Crippen molar-refractivity contribution in [3.8, 4) is 0 Å². The molecule has 2 heterocycles.